The largest absolute Gasteiger partial charge is 0.326 e. The first-order chi connectivity index (χ1) is 9.60. The van der Waals surface area contributed by atoms with E-state index in [0.717, 1.165) is 19.5 Å². The first-order valence-corrected chi connectivity index (χ1v) is 6.87. The number of carbonyl (C=O) groups is 1. The molecule has 2 rings (SSSR count). The van der Waals surface area contributed by atoms with Gasteiger partial charge < -0.3 is 11.1 Å². The van der Waals surface area contributed by atoms with Crippen LogP contribution in [0.15, 0.2) is 24.3 Å². The van der Waals surface area contributed by atoms with Crippen molar-refractivity contribution >= 4 is 11.6 Å². The predicted octanol–water partition coefficient (Wildman–Crippen LogP) is 1.17. The summed E-state index contributed by atoms with van der Waals surface area (Å²) in [5, 5.41) is 11.8. The van der Waals surface area contributed by atoms with Crippen molar-refractivity contribution in [2.24, 2.45) is 11.7 Å². The second-order valence-corrected chi connectivity index (χ2v) is 5.37. The molecule has 1 amide bonds. The van der Waals surface area contributed by atoms with E-state index in [-0.39, 0.29) is 11.9 Å². The predicted molar refractivity (Wildman–Crippen MR) is 78.0 cm³/mol. The summed E-state index contributed by atoms with van der Waals surface area (Å²) in [6, 6.07) is 9.20. The summed E-state index contributed by atoms with van der Waals surface area (Å²) in [7, 11) is 0. The fourth-order valence-corrected chi connectivity index (χ4v) is 2.40. The summed E-state index contributed by atoms with van der Waals surface area (Å²) in [6.45, 7) is 4.10. The highest BCUT2D eigenvalue weighted by molar-refractivity contribution is 5.93. The van der Waals surface area contributed by atoms with Crippen LogP contribution < -0.4 is 11.1 Å². The third kappa shape index (κ3) is 3.56. The van der Waals surface area contributed by atoms with Crippen molar-refractivity contribution in [3.63, 3.8) is 0 Å². The average molecular weight is 272 g/mol. The van der Waals surface area contributed by atoms with E-state index in [1.54, 1.807) is 24.3 Å². The number of nitrogens with zero attached hydrogens (tertiary/aromatic N) is 2. The number of nitrogens with two attached hydrogens (primary N) is 1. The second-order valence-electron chi connectivity index (χ2n) is 5.37. The number of nitrogens with one attached hydrogen (secondary N) is 1. The lowest BCUT2D eigenvalue weighted by atomic mass is 9.94. The van der Waals surface area contributed by atoms with Crippen molar-refractivity contribution in [2.75, 3.05) is 25.0 Å². The Hall–Kier alpha value is -1.90. The lowest BCUT2D eigenvalue weighted by Gasteiger charge is -2.34. The summed E-state index contributed by atoms with van der Waals surface area (Å²) in [6.07, 6.45) is 1.02. The molecule has 3 N–H and O–H groups in total. The Kier molecular flexibility index (Phi) is 4.72. The van der Waals surface area contributed by atoms with Gasteiger partial charge in [0.2, 0.25) is 5.91 Å². The van der Waals surface area contributed by atoms with Crippen LogP contribution >= 0.6 is 0 Å². The minimum atomic E-state index is -0.102. The SMILES string of the molecule is CC1CCN(CC(=O)Nc2ccccc2C#N)CC1N. The maximum Gasteiger partial charge on any atom is 0.238 e. The van der Waals surface area contributed by atoms with Gasteiger partial charge in [-0.05, 0) is 31.0 Å². The Bertz CT molecular complexity index is 523. The van der Waals surface area contributed by atoms with Gasteiger partial charge in [-0.3, -0.25) is 9.69 Å². The number of hydrogen-bond donors (Lipinski definition) is 2. The standard InChI is InChI=1S/C15H20N4O/c1-11-6-7-19(9-13(11)17)10-15(20)18-14-5-3-2-4-12(14)8-16/h2-5,11,13H,6-7,9-10,17H2,1H3,(H,18,20). The summed E-state index contributed by atoms with van der Waals surface area (Å²) < 4.78 is 0. The van der Waals surface area contributed by atoms with Crippen molar-refractivity contribution in [1.29, 1.82) is 5.26 Å². The average Bonchev–Trinajstić information content (AvgIpc) is 2.43. The van der Waals surface area contributed by atoms with Gasteiger partial charge in [-0.25, -0.2) is 0 Å². The van der Waals surface area contributed by atoms with E-state index in [1.165, 1.54) is 0 Å². The lowest BCUT2D eigenvalue weighted by Crippen LogP contribution is -2.49. The van der Waals surface area contributed by atoms with Crippen LogP contribution in [0.4, 0.5) is 5.69 Å². The molecule has 20 heavy (non-hydrogen) atoms. The van der Waals surface area contributed by atoms with E-state index < -0.39 is 0 Å². The summed E-state index contributed by atoms with van der Waals surface area (Å²) in [5.41, 5.74) is 7.07. The fourth-order valence-electron chi connectivity index (χ4n) is 2.40. The van der Waals surface area contributed by atoms with Gasteiger partial charge in [0, 0.05) is 12.6 Å². The minimum Gasteiger partial charge on any atom is -0.326 e. The van der Waals surface area contributed by atoms with E-state index in [1.807, 2.05) is 0 Å². The second kappa shape index (κ2) is 6.51. The van der Waals surface area contributed by atoms with E-state index in [4.69, 9.17) is 11.0 Å². The van der Waals surface area contributed by atoms with Crippen LogP contribution in [0, 0.1) is 17.2 Å². The molecule has 0 radical (unpaired) electrons. The van der Waals surface area contributed by atoms with Crippen molar-refractivity contribution < 1.29 is 4.79 Å². The number of benzene rings is 1. The zero-order valence-electron chi connectivity index (χ0n) is 11.7. The number of para-hydroxylation sites is 1. The number of hydrogen-bond acceptors (Lipinski definition) is 4. The topological polar surface area (TPSA) is 82.2 Å². The van der Waals surface area contributed by atoms with E-state index in [2.05, 4.69) is 23.2 Å². The number of carbonyl (C=O) groups excluding carboxylic acids is 1. The number of rotatable bonds is 3. The fraction of sp³-hybridized carbons (Fsp3) is 0.467. The lowest BCUT2D eigenvalue weighted by molar-refractivity contribution is -0.117. The van der Waals surface area contributed by atoms with Crippen LogP contribution in [0.5, 0.6) is 0 Å². The molecule has 106 valence electrons. The molecule has 0 saturated carbocycles. The zero-order valence-corrected chi connectivity index (χ0v) is 11.7. The van der Waals surface area contributed by atoms with Crippen molar-refractivity contribution in [3.05, 3.63) is 29.8 Å². The van der Waals surface area contributed by atoms with E-state index in [0.29, 0.717) is 23.7 Å². The first kappa shape index (κ1) is 14.5. The third-order valence-electron chi connectivity index (χ3n) is 3.79. The first-order valence-electron chi connectivity index (χ1n) is 6.87. The van der Waals surface area contributed by atoms with E-state index >= 15 is 0 Å². The normalized spacial score (nSPS) is 23.1. The van der Waals surface area contributed by atoms with Crippen LogP contribution in [0.1, 0.15) is 18.9 Å². The molecule has 0 spiro atoms. The molecule has 1 aromatic rings. The quantitative estimate of drug-likeness (QED) is 0.865. The molecule has 2 atom stereocenters. The van der Waals surface area contributed by atoms with Gasteiger partial charge in [-0.15, -0.1) is 0 Å². The molecular formula is C15H20N4O. The molecule has 1 aliphatic rings. The van der Waals surface area contributed by atoms with Gasteiger partial charge in [-0.1, -0.05) is 19.1 Å². The Morgan fingerprint density at radius 1 is 1.55 bits per heavy atom. The van der Waals surface area contributed by atoms with Gasteiger partial charge in [0.25, 0.3) is 0 Å². The number of amides is 1. The van der Waals surface area contributed by atoms with Crippen LogP contribution in [0.25, 0.3) is 0 Å². The number of anilines is 1. The Morgan fingerprint density at radius 3 is 3.00 bits per heavy atom. The molecular weight excluding hydrogens is 252 g/mol. The molecule has 1 heterocycles. The zero-order chi connectivity index (χ0) is 14.5. The monoisotopic (exact) mass is 272 g/mol. The minimum absolute atomic E-state index is 0.102. The third-order valence-corrected chi connectivity index (χ3v) is 3.79. The smallest absolute Gasteiger partial charge is 0.238 e. The molecule has 1 aromatic carbocycles. The van der Waals surface area contributed by atoms with Crippen molar-refractivity contribution in [2.45, 2.75) is 19.4 Å². The molecule has 5 nitrogen and oxygen atoms in total. The molecule has 1 aliphatic heterocycles. The van der Waals surface area contributed by atoms with Crippen LogP contribution in [-0.2, 0) is 4.79 Å². The molecule has 1 fully saturated rings. The van der Waals surface area contributed by atoms with Gasteiger partial charge >= 0.3 is 0 Å². The molecule has 2 unspecified atom stereocenters. The van der Waals surface area contributed by atoms with Gasteiger partial charge in [-0.2, -0.15) is 5.26 Å². The van der Waals surface area contributed by atoms with Crippen molar-refractivity contribution in [1.82, 2.24) is 4.90 Å². The van der Waals surface area contributed by atoms with E-state index in [9.17, 15) is 4.79 Å². The van der Waals surface area contributed by atoms with Crippen LogP contribution in [0.2, 0.25) is 0 Å². The highest BCUT2D eigenvalue weighted by Crippen LogP contribution is 2.16. The molecule has 5 heteroatoms. The molecule has 0 bridgehead atoms. The maximum absolute atomic E-state index is 12.0. The number of piperidine rings is 1. The van der Waals surface area contributed by atoms with Gasteiger partial charge in [0.15, 0.2) is 0 Å². The summed E-state index contributed by atoms with van der Waals surface area (Å²) in [5.74, 6) is 0.406. The van der Waals surface area contributed by atoms with Crippen LogP contribution in [0.3, 0.4) is 0 Å². The number of likely N-dealkylation sites (tertiary alicyclic amines) is 1. The summed E-state index contributed by atoms with van der Waals surface area (Å²) in [4.78, 5) is 14.1. The molecule has 1 saturated heterocycles. The van der Waals surface area contributed by atoms with Gasteiger partial charge in [0.1, 0.15) is 6.07 Å². The Morgan fingerprint density at radius 2 is 2.30 bits per heavy atom. The van der Waals surface area contributed by atoms with Gasteiger partial charge in [0.05, 0.1) is 17.8 Å². The Labute approximate surface area is 119 Å². The van der Waals surface area contributed by atoms with Crippen LogP contribution in [-0.4, -0.2) is 36.5 Å². The maximum atomic E-state index is 12.0. The highest BCUT2D eigenvalue weighted by atomic mass is 16.2. The molecule has 0 aliphatic carbocycles. The highest BCUT2D eigenvalue weighted by Gasteiger charge is 2.24. The molecule has 0 aromatic heterocycles. The summed E-state index contributed by atoms with van der Waals surface area (Å²) >= 11 is 0. The number of nitriles is 1. The van der Waals surface area contributed by atoms with Crippen molar-refractivity contribution in [3.8, 4) is 6.07 Å². The Balaban J connectivity index is 1.91.